The second kappa shape index (κ2) is 6.17. The molecule has 1 fully saturated rings. The van der Waals surface area contributed by atoms with Gasteiger partial charge in [0, 0.05) is 49.0 Å². The largest absolute Gasteiger partial charge is 0.366 e. The maximum Gasteiger partial charge on any atom is 0.131 e. The SMILES string of the molecule is CC(c1ccccc1)N1CCN2c3cc(F)cc(F)c3CCC2C1. The number of fused-ring (bicyclic) bond motifs is 3. The zero-order valence-electron chi connectivity index (χ0n) is 13.9. The van der Waals surface area contributed by atoms with Gasteiger partial charge >= 0.3 is 0 Å². The number of nitrogens with zero attached hydrogens (tertiary/aromatic N) is 2. The van der Waals surface area contributed by atoms with Crippen LogP contribution in [-0.4, -0.2) is 30.6 Å². The number of piperazine rings is 1. The molecular weight excluding hydrogens is 306 g/mol. The van der Waals surface area contributed by atoms with Crippen molar-refractivity contribution in [1.29, 1.82) is 0 Å². The van der Waals surface area contributed by atoms with Gasteiger partial charge in [0.25, 0.3) is 0 Å². The molecular formula is C20H22F2N2. The Morgan fingerprint density at radius 3 is 2.67 bits per heavy atom. The fourth-order valence-electron chi connectivity index (χ4n) is 4.14. The van der Waals surface area contributed by atoms with Crippen LogP contribution in [0.3, 0.4) is 0 Å². The smallest absolute Gasteiger partial charge is 0.131 e. The lowest BCUT2D eigenvalue weighted by Crippen LogP contribution is -2.55. The van der Waals surface area contributed by atoms with E-state index in [1.54, 1.807) is 0 Å². The van der Waals surface area contributed by atoms with Crippen molar-refractivity contribution in [1.82, 2.24) is 4.90 Å². The predicted molar refractivity (Wildman–Crippen MR) is 92.2 cm³/mol. The van der Waals surface area contributed by atoms with E-state index in [9.17, 15) is 8.78 Å². The molecule has 1 saturated heterocycles. The summed E-state index contributed by atoms with van der Waals surface area (Å²) in [5, 5.41) is 0. The van der Waals surface area contributed by atoms with E-state index in [0.29, 0.717) is 24.1 Å². The summed E-state index contributed by atoms with van der Waals surface area (Å²) in [6.45, 7) is 4.90. The Morgan fingerprint density at radius 2 is 1.88 bits per heavy atom. The standard InChI is InChI=1S/C20H22F2N2/c1-14(15-5-3-2-4-6-15)23-9-10-24-17(13-23)7-8-18-19(22)11-16(21)12-20(18)24/h2-6,11-12,14,17H,7-10,13H2,1H3. The van der Waals surface area contributed by atoms with Gasteiger partial charge in [-0.15, -0.1) is 0 Å². The van der Waals surface area contributed by atoms with Crippen LogP contribution in [0.4, 0.5) is 14.5 Å². The minimum atomic E-state index is -0.480. The molecule has 0 bridgehead atoms. The van der Waals surface area contributed by atoms with Crippen molar-refractivity contribution in [3.8, 4) is 0 Å². The highest BCUT2D eigenvalue weighted by Gasteiger charge is 2.34. The summed E-state index contributed by atoms with van der Waals surface area (Å²) >= 11 is 0. The van der Waals surface area contributed by atoms with Gasteiger partial charge in [0.2, 0.25) is 0 Å². The molecule has 4 rings (SSSR count). The van der Waals surface area contributed by atoms with Crippen LogP contribution in [0.1, 0.15) is 30.5 Å². The van der Waals surface area contributed by atoms with E-state index >= 15 is 0 Å². The molecule has 0 amide bonds. The Bertz CT molecular complexity index is 732. The summed E-state index contributed by atoms with van der Waals surface area (Å²) in [6.07, 6.45) is 1.61. The predicted octanol–water partition coefficient (Wildman–Crippen LogP) is 4.16. The van der Waals surface area contributed by atoms with Crippen molar-refractivity contribution < 1.29 is 8.78 Å². The first-order chi connectivity index (χ1) is 11.6. The van der Waals surface area contributed by atoms with Gasteiger partial charge in [-0.2, -0.15) is 0 Å². The molecule has 0 saturated carbocycles. The van der Waals surface area contributed by atoms with Gasteiger partial charge in [-0.05, 0) is 31.4 Å². The first-order valence-electron chi connectivity index (χ1n) is 8.67. The third-order valence-electron chi connectivity index (χ3n) is 5.52. The molecule has 0 radical (unpaired) electrons. The highest BCUT2D eigenvalue weighted by atomic mass is 19.1. The number of anilines is 1. The summed E-state index contributed by atoms with van der Waals surface area (Å²) in [7, 11) is 0. The molecule has 0 aliphatic carbocycles. The molecule has 2 heterocycles. The van der Waals surface area contributed by atoms with E-state index in [2.05, 4.69) is 41.0 Å². The van der Waals surface area contributed by atoms with Crippen molar-refractivity contribution in [2.75, 3.05) is 24.5 Å². The van der Waals surface area contributed by atoms with E-state index in [1.165, 1.54) is 11.6 Å². The summed E-state index contributed by atoms with van der Waals surface area (Å²) in [6, 6.07) is 13.7. The molecule has 24 heavy (non-hydrogen) atoms. The third kappa shape index (κ3) is 2.69. The minimum Gasteiger partial charge on any atom is -0.366 e. The zero-order valence-corrected chi connectivity index (χ0v) is 13.9. The molecule has 126 valence electrons. The minimum absolute atomic E-state index is 0.332. The Hall–Kier alpha value is -1.94. The average Bonchev–Trinajstić information content (AvgIpc) is 2.61. The van der Waals surface area contributed by atoms with E-state index in [-0.39, 0.29) is 0 Å². The molecule has 4 heteroatoms. The molecule has 0 spiro atoms. The summed E-state index contributed by atoms with van der Waals surface area (Å²) in [4.78, 5) is 4.69. The number of benzene rings is 2. The van der Waals surface area contributed by atoms with Crippen molar-refractivity contribution >= 4 is 5.69 Å². The Kier molecular flexibility index (Phi) is 4.01. The van der Waals surface area contributed by atoms with Crippen LogP contribution in [0.2, 0.25) is 0 Å². The van der Waals surface area contributed by atoms with Crippen LogP contribution in [-0.2, 0) is 6.42 Å². The molecule has 0 aromatic heterocycles. The van der Waals surface area contributed by atoms with Gasteiger partial charge in [-0.1, -0.05) is 30.3 Å². The Balaban J connectivity index is 1.55. The lowest BCUT2D eigenvalue weighted by molar-refractivity contribution is 0.164. The van der Waals surface area contributed by atoms with Crippen molar-refractivity contribution in [2.45, 2.75) is 31.8 Å². The molecule has 2 unspecified atom stereocenters. The molecule has 2 aliphatic rings. The fourth-order valence-corrected chi connectivity index (χ4v) is 4.14. The van der Waals surface area contributed by atoms with Gasteiger partial charge in [-0.3, -0.25) is 4.90 Å². The van der Waals surface area contributed by atoms with Crippen LogP contribution >= 0.6 is 0 Å². The van der Waals surface area contributed by atoms with Gasteiger partial charge in [0.1, 0.15) is 11.6 Å². The number of rotatable bonds is 2. The molecule has 2 atom stereocenters. The second-order valence-electron chi connectivity index (χ2n) is 6.85. The Labute approximate surface area is 141 Å². The van der Waals surface area contributed by atoms with Crippen LogP contribution in [0, 0.1) is 11.6 Å². The van der Waals surface area contributed by atoms with Gasteiger partial charge < -0.3 is 4.90 Å². The van der Waals surface area contributed by atoms with Crippen molar-refractivity contribution in [2.24, 2.45) is 0 Å². The number of hydrogen-bond donors (Lipinski definition) is 0. The summed E-state index contributed by atoms with van der Waals surface area (Å²) in [5.74, 6) is -0.879. The van der Waals surface area contributed by atoms with E-state index in [4.69, 9.17) is 0 Å². The van der Waals surface area contributed by atoms with Crippen LogP contribution in [0.25, 0.3) is 0 Å². The lowest BCUT2D eigenvalue weighted by atomic mass is 9.92. The molecule has 2 aromatic carbocycles. The van der Waals surface area contributed by atoms with Gasteiger partial charge in [-0.25, -0.2) is 8.78 Å². The Morgan fingerprint density at radius 1 is 1.08 bits per heavy atom. The zero-order chi connectivity index (χ0) is 16.7. The lowest BCUT2D eigenvalue weighted by Gasteiger charge is -2.47. The van der Waals surface area contributed by atoms with Crippen LogP contribution in [0.15, 0.2) is 42.5 Å². The van der Waals surface area contributed by atoms with Crippen molar-refractivity contribution in [3.05, 3.63) is 65.2 Å². The van der Waals surface area contributed by atoms with E-state index in [1.807, 2.05) is 6.07 Å². The first kappa shape index (κ1) is 15.6. The molecule has 2 nitrogen and oxygen atoms in total. The number of hydrogen-bond acceptors (Lipinski definition) is 2. The normalized spacial score (nSPS) is 22.0. The summed E-state index contributed by atoms with van der Waals surface area (Å²) in [5.41, 5.74) is 2.76. The fraction of sp³-hybridized carbons (Fsp3) is 0.400. The monoisotopic (exact) mass is 328 g/mol. The van der Waals surface area contributed by atoms with Gasteiger partial charge in [0.05, 0.1) is 0 Å². The maximum absolute atomic E-state index is 14.0. The number of halogens is 2. The molecule has 2 aliphatic heterocycles. The third-order valence-corrected chi connectivity index (χ3v) is 5.52. The van der Waals surface area contributed by atoms with E-state index < -0.39 is 11.6 Å². The first-order valence-corrected chi connectivity index (χ1v) is 8.67. The second-order valence-corrected chi connectivity index (χ2v) is 6.85. The molecule has 0 N–H and O–H groups in total. The quantitative estimate of drug-likeness (QED) is 0.817. The highest BCUT2D eigenvalue weighted by Crippen LogP contribution is 2.36. The average molecular weight is 328 g/mol. The topological polar surface area (TPSA) is 6.48 Å². The van der Waals surface area contributed by atoms with E-state index in [0.717, 1.165) is 37.8 Å². The van der Waals surface area contributed by atoms with Crippen LogP contribution < -0.4 is 4.90 Å². The summed E-state index contributed by atoms with van der Waals surface area (Å²) < 4.78 is 27.7. The van der Waals surface area contributed by atoms with Gasteiger partial charge in [0.15, 0.2) is 0 Å². The highest BCUT2D eigenvalue weighted by molar-refractivity contribution is 5.58. The van der Waals surface area contributed by atoms with Crippen LogP contribution in [0.5, 0.6) is 0 Å². The maximum atomic E-state index is 14.0. The molecule has 2 aromatic rings. The van der Waals surface area contributed by atoms with Crippen molar-refractivity contribution in [3.63, 3.8) is 0 Å².